The van der Waals surface area contributed by atoms with Gasteiger partial charge in [0, 0.05) is 29.1 Å². The Labute approximate surface area is 118 Å². The minimum absolute atomic E-state index is 0.245. The predicted octanol–water partition coefficient (Wildman–Crippen LogP) is 3.30. The smallest absolute Gasteiger partial charge is 0.326 e. The van der Waals surface area contributed by atoms with Crippen molar-refractivity contribution in [2.45, 2.75) is 19.6 Å². The number of halogens is 3. The molecule has 0 aliphatic carbocycles. The summed E-state index contributed by atoms with van der Waals surface area (Å²) in [5.41, 5.74) is 1.79. The Morgan fingerprint density at radius 2 is 1.95 bits per heavy atom. The van der Waals surface area contributed by atoms with E-state index >= 15 is 0 Å². The van der Waals surface area contributed by atoms with Crippen molar-refractivity contribution >= 4 is 6.21 Å². The van der Waals surface area contributed by atoms with Gasteiger partial charge in [-0.15, -0.1) is 0 Å². The SMILES string of the molecule is Cc1[nH]c(=O)ccc1-c1cc(C(F)(F)F)cc2c1C=NC2. The van der Waals surface area contributed by atoms with E-state index < -0.39 is 11.7 Å². The highest BCUT2D eigenvalue weighted by Gasteiger charge is 2.32. The molecule has 1 aliphatic heterocycles. The highest BCUT2D eigenvalue weighted by Crippen LogP contribution is 2.37. The van der Waals surface area contributed by atoms with Crippen LogP contribution in [-0.4, -0.2) is 11.2 Å². The van der Waals surface area contributed by atoms with Crippen LogP contribution in [0, 0.1) is 6.92 Å². The minimum Gasteiger partial charge on any atom is -0.326 e. The van der Waals surface area contributed by atoms with Gasteiger partial charge in [0.15, 0.2) is 0 Å². The Bertz CT molecular complexity index is 804. The summed E-state index contributed by atoms with van der Waals surface area (Å²) >= 11 is 0. The highest BCUT2D eigenvalue weighted by molar-refractivity contribution is 5.94. The van der Waals surface area contributed by atoms with Crippen molar-refractivity contribution in [3.63, 3.8) is 0 Å². The Balaban J connectivity index is 2.28. The van der Waals surface area contributed by atoms with E-state index in [4.69, 9.17) is 0 Å². The molecule has 3 rings (SSSR count). The van der Waals surface area contributed by atoms with Crippen LogP contribution in [0.4, 0.5) is 13.2 Å². The summed E-state index contributed by atoms with van der Waals surface area (Å²) in [5, 5.41) is 0. The van der Waals surface area contributed by atoms with Crippen LogP contribution in [0.2, 0.25) is 0 Å². The number of aromatic nitrogens is 1. The second-order valence-corrected chi connectivity index (χ2v) is 4.93. The van der Waals surface area contributed by atoms with E-state index in [9.17, 15) is 18.0 Å². The van der Waals surface area contributed by atoms with Crippen LogP contribution >= 0.6 is 0 Å². The number of hydrogen-bond acceptors (Lipinski definition) is 2. The third-order valence-corrected chi connectivity index (χ3v) is 3.48. The van der Waals surface area contributed by atoms with Crippen molar-refractivity contribution in [1.29, 1.82) is 0 Å². The standard InChI is InChI=1S/C15H11F3N2O/c1-8-11(2-3-14(21)20-8)12-5-10(15(16,17)18)4-9-6-19-7-13(9)12/h2-5,7H,6H2,1H3,(H,20,21). The molecule has 1 aromatic heterocycles. The molecule has 1 aliphatic rings. The molecule has 0 spiro atoms. The van der Waals surface area contributed by atoms with Crippen LogP contribution in [0.5, 0.6) is 0 Å². The number of aromatic amines is 1. The van der Waals surface area contributed by atoms with Gasteiger partial charge in [-0.1, -0.05) is 0 Å². The largest absolute Gasteiger partial charge is 0.416 e. The van der Waals surface area contributed by atoms with Crippen molar-refractivity contribution in [2.75, 3.05) is 0 Å². The number of H-pyrrole nitrogens is 1. The van der Waals surface area contributed by atoms with Gasteiger partial charge < -0.3 is 4.98 Å². The topological polar surface area (TPSA) is 45.2 Å². The van der Waals surface area contributed by atoms with Crippen molar-refractivity contribution in [3.8, 4) is 11.1 Å². The molecule has 2 heterocycles. The van der Waals surface area contributed by atoms with Gasteiger partial charge in [0.2, 0.25) is 5.56 Å². The monoisotopic (exact) mass is 292 g/mol. The van der Waals surface area contributed by atoms with Crippen molar-refractivity contribution in [3.05, 3.63) is 57.0 Å². The van der Waals surface area contributed by atoms with Gasteiger partial charge in [0.25, 0.3) is 0 Å². The summed E-state index contributed by atoms with van der Waals surface area (Å²) in [6.45, 7) is 1.91. The average molecular weight is 292 g/mol. The first-order chi connectivity index (χ1) is 9.86. The minimum atomic E-state index is -4.41. The summed E-state index contributed by atoms with van der Waals surface area (Å²) < 4.78 is 39.1. The van der Waals surface area contributed by atoms with Gasteiger partial charge in [0.05, 0.1) is 12.1 Å². The van der Waals surface area contributed by atoms with Crippen LogP contribution in [0.25, 0.3) is 11.1 Å². The fourth-order valence-electron chi connectivity index (χ4n) is 2.49. The second kappa shape index (κ2) is 4.58. The van der Waals surface area contributed by atoms with Gasteiger partial charge in [0.1, 0.15) is 0 Å². The summed E-state index contributed by atoms with van der Waals surface area (Å²) in [6, 6.07) is 5.08. The number of nitrogens with one attached hydrogen (secondary N) is 1. The van der Waals surface area contributed by atoms with Gasteiger partial charge in [-0.25, -0.2) is 0 Å². The number of aryl methyl sites for hydroxylation is 1. The molecular weight excluding hydrogens is 281 g/mol. The zero-order valence-corrected chi connectivity index (χ0v) is 11.1. The van der Waals surface area contributed by atoms with E-state index in [1.807, 2.05) is 0 Å². The molecule has 0 radical (unpaired) electrons. The Hall–Kier alpha value is -2.37. The van der Waals surface area contributed by atoms with Gasteiger partial charge in [-0.2, -0.15) is 13.2 Å². The molecule has 0 saturated carbocycles. The number of aliphatic imine (C=N–C) groups is 1. The quantitative estimate of drug-likeness (QED) is 0.861. The lowest BCUT2D eigenvalue weighted by Crippen LogP contribution is -2.09. The zero-order chi connectivity index (χ0) is 15.2. The van der Waals surface area contributed by atoms with Gasteiger partial charge in [-0.3, -0.25) is 9.79 Å². The molecule has 6 heteroatoms. The first kappa shape index (κ1) is 13.6. The van der Waals surface area contributed by atoms with E-state index in [1.54, 1.807) is 13.1 Å². The van der Waals surface area contributed by atoms with Crippen LogP contribution in [-0.2, 0) is 12.7 Å². The fourth-order valence-corrected chi connectivity index (χ4v) is 2.49. The summed E-state index contributed by atoms with van der Waals surface area (Å²) in [5.74, 6) is 0. The van der Waals surface area contributed by atoms with Crippen LogP contribution in [0.3, 0.4) is 0 Å². The Kier molecular flexibility index (Phi) is 2.97. The number of hydrogen-bond donors (Lipinski definition) is 1. The van der Waals surface area contributed by atoms with Crippen LogP contribution < -0.4 is 5.56 Å². The highest BCUT2D eigenvalue weighted by atomic mass is 19.4. The summed E-state index contributed by atoms with van der Waals surface area (Å²) in [6.07, 6.45) is -2.84. The number of rotatable bonds is 1. The molecule has 0 amide bonds. The zero-order valence-electron chi connectivity index (χ0n) is 11.1. The van der Waals surface area contributed by atoms with E-state index in [0.29, 0.717) is 27.9 Å². The van der Waals surface area contributed by atoms with E-state index in [-0.39, 0.29) is 12.1 Å². The molecule has 21 heavy (non-hydrogen) atoms. The van der Waals surface area contributed by atoms with Crippen LogP contribution in [0.1, 0.15) is 22.4 Å². The molecule has 0 unspecified atom stereocenters. The average Bonchev–Trinajstić information content (AvgIpc) is 2.85. The fraction of sp³-hybridized carbons (Fsp3) is 0.200. The summed E-state index contributed by atoms with van der Waals surface area (Å²) in [4.78, 5) is 17.9. The predicted molar refractivity (Wildman–Crippen MR) is 73.5 cm³/mol. The number of fused-ring (bicyclic) bond motifs is 1. The normalized spacial score (nSPS) is 13.5. The van der Waals surface area contributed by atoms with E-state index in [2.05, 4.69) is 9.98 Å². The maximum Gasteiger partial charge on any atom is 0.416 e. The van der Waals surface area contributed by atoms with E-state index in [1.165, 1.54) is 12.1 Å². The first-order valence-electron chi connectivity index (χ1n) is 6.30. The van der Waals surface area contributed by atoms with Crippen molar-refractivity contribution < 1.29 is 13.2 Å². The third-order valence-electron chi connectivity index (χ3n) is 3.48. The lowest BCUT2D eigenvalue weighted by molar-refractivity contribution is -0.137. The number of alkyl halides is 3. The number of pyridine rings is 1. The molecule has 0 atom stereocenters. The molecule has 1 N–H and O–H groups in total. The molecule has 0 fully saturated rings. The van der Waals surface area contributed by atoms with Crippen molar-refractivity contribution in [2.24, 2.45) is 4.99 Å². The number of benzene rings is 1. The lowest BCUT2D eigenvalue weighted by Gasteiger charge is -2.14. The van der Waals surface area contributed by atoms with Gasteiger partial charge >= 0.3 is 6.18 Å². The number of nitrogens with zero attached hydrogens (tertiary/aromatic N) is 1. The molecule has 2 aromatic rings. The second-order valence-electron chi connectivity index (χ2n) is 4.93. The Morgan fingerprint density at radius 3 is 2.62 bits per heavy atom. The molecule has 0 bridgehead atoms. The maximum absolute atomic E-state index is 13.0. The maximum atomic E-state index is 13.0. The first-order valence-corrected chi connectivity index (χ1v) is 6.30. The molecule has 108 valence electrons. The van der Waals surface area contributed by atoms with Crippen LogP contribution in [0.15, 0.2) is 34.1 Å². The molecular formula is C15H11F3N2O. The van der Waals surface area contributed by atoms with Crippen molar-refractivity contribution in [1.82, 2.24) is 4.98 Å². The molecule has 0 saturated heterocycles. The third kappa shape index (κ3) is 2.37. The van der Waals surface area contributed by atoms with Gasteiger partial charge in [-0.05, 0) is 36.2 Å². The summed E-state index contributed by atoms with van der Waals surface area (Å²) in [7, 11) is 0. The van der Waals surface area contributed by atoms with E-state index in [0.717, 1.165) is 12.1 Å². The Morgan fingerprint density at radius 1 is 1.19 bits per heavy atom. The lowest BCUT2D eigenvalue weighted by atomic mass is 9.93. The molecule has 3 nitrogen and oxygen atoms in total. The molecule has 1 aromatic carbocycles.